The molecule has 0 spiro atoms. The average molecular weight is 211 g/mol. The van der Waals surface area contributed by atoms with Gasteiger partial charge in [0.2, 0.25) is 0 Å². The van der Waals surface area contributed by atoms with Gasteiger partial charge in [-0.05, 0) is 25.2 Å². The Hall–Kier alpha value is -0.730. The fraction of sp³-hybridized carbons (Fsp3) is 0.917. The Bertz CT molecular complexity index is 224. The van der Waals surface area contributed by atoms with Crippen molar-refractivity contribution in [2.45, 2.75) is 51.5 Å². The van der Waals surface area contributed by atoms with Gasteiger partial charge in [0, 0.05) is 6.04 Å². The van der Waals surface area contributed by atoms with Crippen LogP contribution >= 0.6 is 0 Å². The van der Waals surface area contributed by atoms with Gasteiger partial charge in [0.15, 0.2) is 0 Å². The van der Waals surface area contributed by atoms with Crippen LogP contribution < -0.4 is 0 Å². The predicted octanol–water partition coefficient (Wildman–Crippen LogP) is 2.80. The van der Waals surface area contributed by atoms with E-state index < -0.39 is 0 Å². The first kappa shape index (κ1) is 10.8. The molecule has 3 nitrogen and oxygen atoms in total. The van der Waals surface area contributed by atoms with Crippen molar-refractivity contribution in [2.24, 2.45) is 5.92 Å². The predicted molar refractivity (Wildman–Crippen MR) is 58.7 cm³/mol. The summed E-state index contributed by atoms with van der Waals surface area (Å²) in [6, 6.07) is 0.431. The molecule has 2 fully saturated rings. The lowest BCUT2D eigenvalue weighted by atomic mass is 9.82. The monoisotopic (exact) mass is 211 g/mol. The number of cyclic esters (lactones) is 1. The van der Waals surface area contributed by atoms with Gasteiger partial charge in [-0.15, -0.1) is 0 Å². The minimum absolute atomic E-state index is 0.0903. The molecule has 1 atom stereocenters. The van der Waals surface area contributed by atoms with Crippen LogP contribution in [0.2, 0.25) is 0 Å². The number of carbonyl (C=O) groups is 1. The van der Waals surface area contributed by atoms with Crippen LogP contribution in [0.15, 0.2) is 0 Å². The number of ether oxygens (including phenoxy) is 1. The molecule has 1 amide bonds. The van der Waals surface area contributed by atoms with Crippen LogP contribution in [0.1, 0.15) is 45.4 Å². The van der Waals surface area contributed by atoms with Crippen molar-refractivity contribution in [1.82, 2.24) is 4.90 Å². The van der Waals surface area contributed by atoms with Crippen molar-refractivity contribution in [2.75, 3.05) is 13.2 Å². The molecule has 2 aliphatic rings. The Kier molecular flexibility index (Phi) is 3.49. The molecule has 0 N–H and O–H groups in total. The van der Waals surface area contributed by atoms with E-state index >= 15 is 0 Å². The highest BCUT2D eigenvalue weighted by Crippen LogP contribution is 2.31. The molecule has 15 heavy (non-hydrogen) atoms. The van der Waals surface area contributed by atoms with E-state index in [0.717, 1.165) is 18.9 Å². The Labute approximate surface area is 91.8 Å². The average Bonchev–Trinajstić information content (AvgIpc) is 2.68. The third-order valence-corrected chi connectivity index (χ3v) is 3.80. The largest absolute Gasteiger partial charge is 0.448 e. The van der Waals surface area contributed by atoms with E-state index in [2.05, 4.69) is 6.92 Å². The smallest absolute Gasteiger partial charge is 0.410 e. The second-order valence-corrected chi connectivity index (χ2v) is 4.68. The summed E-state index contributed by atoms with van der Waals surface area (Å²) in [4.78, 5) is 13.5. The van der Waals surface area contributed by atoms with E-state index in [4.69, 9.17) is 4.74 Å². The summed E-state index contributed by atoms with van der Waals surface area (Å²) < 4.78 is 5.03. The van der Waals surface area contributed by atoms with E-state index in [9.17, 15) is 4.79 Å². The molecule has 1 unspecified atom stereocenters. The zero-order valence-electron chi connectivity index (χ0n) is 9.58. The molecular formula is C12H21NO2. The summed E-state index contributed by atoms with van der Waals surface area (Å²) in [6.45, 7) is 3.57. The van der Waals surface area contributed by atoms with Crippen LogP contribution in [-0.4, -0.2) is 30.2 Å². The highest BCUT2D eigenvalue weighted by Gasteiger charge is 2.34. The zero-order chi connectivity index (χ0) is 10.7. The molecule has 1 aliphatic carbocycles. The molecule has 1 saturated carbocycles. The van der Waals surface area contributed by atoms with Gasteiger partial charge in [-0.1, -0.05) is 26.2 Å². The van der Waals surface area contributed by atoms with Gasteiger partial charge in [0.1, 0.15) is 6.61 Å². The van der Waals surface area contributed by atoms with E-state index in [1.165, 1.54) is 32.1 Å². The highest BCUT2D eigenvalue weighted by molar-refractivity contribution is 5.69. The number of amides is 1. The standard InChI is InChI=1S/C12H21NO2/c1-2-11(10-6-4-3-5-7-10)13-8-9-15-12(13)14/h10-11H,2-9H2,1H3. The van der Waals surface area contributed by atoms with Gasteiger partial charge in [0.05, 0.1) is 6.54 Å². The van der Waals surface area contributed by atoms with Crippen molar-refractivity contribution in [3.8, 4) is 0 Å². The maximum atomic E-state index is 11.5. The fourth-order valence-corrected chi connectivity index (χ4v) is 3.03. The van der Waals surface area contributed by atoms with Crippen molar-refractivity contribution < 1.29 is 9.53 Å². The Morgan fingerprint density at radius 2 is 2.13 bits per heavy atom. The molecule has 86 valence electrons. The topological polar surface area (TPSA) is 29.5 Å². The summed E-state index contributed by atoms with van der Waals surface area (Å²) in [6.07, 6.45) is 7.61. The maximum Gasteiger partial charge on any atom is 0.410 e. The van der Waals surface area contributed by atoms with Gasteiger partial charge in [0.25, 0.3) is 0 Å². The molecule has 3 heteroatoms. The third kappa shape index (κ3) is 2.27. The molecule has 1 aliphatic heterocycles. The van der Waals surface area contributed by atoms with E-state index in [1.54, 1.807) is 0 Å². The number of rotatable bonds is 3. The third-order valence-electron chi connectivity index (χ3n) is 3.80. The van der Waals surface area contributed by atoms with Gasteiger partial charge in [-0.2, -0.15) is 0 Å². The summed E-state index contributed by atoms with van der Waals surface area (Å²) in [5, 5.41) is 0. The lowest BCUT2D eigenvalue weighted by Crippen LogP contribution is -2.41. The summed E-state index contributed by atoms with van der Waals surface area (Å²) in [5.74, 6) is 0.717. The summed E-state index contributed by atoms with van der Waals surface area (Å²) in [7, 11) is 0. The number of hydrogen-bond donors (Lipinski definition) is 0. The zero-order valence-corrected chi connectivity index (χ0v) is 9.58. The van der Waals surface area contributed by atoms with Gasteiger partial charge in [-0.25, -0.2) is 4.79 Å². The normalized spacial score (nSPS) is 25.4. The first-order valence-electron chi connectivity index (χ1n) is 6.26. The second-order valence-electron chi connectivity index (χ2n) is 4.68. The van der Waals surface area contributed by atoms with Crippen molar-refractivity contribution in [1.29, 1.82) is 0 Å². The molecule has 0 bridgehead atoms. The minimum Gasteiger partial charge on any atom is -0.448 e. The Morgan fingerprint density at radius 1 is 1.40 bits per heavy atom. The number of nitrogens with zero attached hydrogens (tertiary/aromatic N) is 1. The first-order valence-corrected chi connectivity index (χ1v) is 6.26. The van der Waals surface area contributed by atoms with Crippen LogP contribution in [0.25, 0.3) is 0 Å². The molecule has 1 saturated heterocycles. The van der Waals surface area contributed by atoms with Crippen molar-refractivity contribution in [3.05, 3.63) is 0 Å². The van der Waals surface area contributed by atoms with Crippen LogP contribution in [0, 0.1) is 5.92 Å². The van der Waals surface area contributed by atoms with E-state index in [1.807, 2.05) is 4.90 Å². The van der Waals surface area contributed by atoms with E-state index in [-0.39, 0.29) is 6.09 Å². The first-order chi connectivity index (χ1) is 7.33. The van der Waals surface area contributed by atoms with Crippen LogP contribution in [0.5, 0.6) is 0 Å². The minimum atomic E-state index is -0.0903. The van der Waals surface area contributed by atoms with Crippen LogP contribution in [0.3, 0.4) is 0 Å². The number of carbonyl (C=O) groups excluding carboxylic acids is 1. The van der Waals surface area contributed by atoms with Crippen molar-refractivity contribution in [3.63, 3.8) is 0 Å². The van der Waals surface area contributed by atoms with E-state index in [0.29, 0.717) is 12.6 Å². The molecular weight excluding hydrogens is 190 g/mol. The molecule has 0 aromatic heterocycles. The van der Waals surface area contributed by atoms with Crippen LogP contribution in [-0.2, 0) is 4.74 Å². The summed E-state index contributed by atoms with van der Waals surface area (Å²) >= 11 is 0. The second kappa shape index (κ2) is 4.86. The lowest BCUT2D eigenvalue weighted by Gasteiger charge is -2.34. The molecule has 0 radical (unpaired) electrons. The fourth-order valence-electron chi connectivity index (χ4n) is 3.03. The van der Waals surface area contributed by atoms with Crippen LogP contribution in [0.4, 0.5) is 4.79 Å². The SMILES string of the molecule is CCC(C1CCCCC1)N1CCOC1=O. The quantitative estimate of drug-likeness (QED) is 0.718. The maximum absolute atomic E-state index is 11.5. The van der Waals surface area contributed by atoms with Crippen molar-refractivity contribution >= 4 is 6.09 Å². The molecule has 2 rings (SSSR count). The van der Waals surface area contributed by atoms with Gasteiger partial charge in [-0.3, -0.25) is 0 Å². The molecule has 0 aromatic carbocycles. The lowest BCUT2D eigenvalue weighted by molar-refractivity contribution is 0.121. The summed E-state index contributed by atoms with van der Waals surface area (Å²) in [5.41, 5.74) is 0. The Morgan fingerprint density at radius 3 is 2.67 bits per heavy atom. The van der Waals surface area contributed by atoms with Gasteiger partial charge < -0.3 is 9.64 Å². The number of hydrogen-bond acceptors (Lipinski definition) is 2. The Balaban J connectivity index is 1.98. The van der Waals surface area contributed by atoms with Gasteiger partial charge >= 0.3 is 6.09 Å². The molecule has 0 aromatic rings. The molecule has 1 heterocycles. The highest BCUT2D eigenvalue weighted by atomic mass is 16.6.